The fourth-order valence-electron chi connectivity index (χ4n) is 3.44. The summed E-state index contributed by atoms with van der Waals surface area (Å²) < 4.78 is 13.6. The van der Waals surface area contributed by atoms with Crippen molar-refractivity contribution in [1.82, 2.24) is 9.80 Å². The van der Waals surface area contributed by atoms with Crippen LogP contribution in [0.25, 0.3) is 0 Å². The van der Waals surface area contributed by atoms with E-state index in [0.717, 1.165) is 19.5 Å². The molecule has 4 nitrogen and oxygen atoms in total. The lowest BCUT2D eigenvalue weighted by molar-refractivity contribution is 0.0528. The van der Waals surface area contributed by atoms with Crippen LogP contribution in [0.5, 0.6) is 0 Å². The minimum Gasteiger partial charge on any atom is -0.321 e. The summed E-state index contributed by atoms with van der Waals surface area (Å²) in [7, 11) is 0. The Kier molecular flexibility index (Phi) is 3.94. The highest BCUT2D eigenvalue weighted by molar-refractivity contribution is 5.90. The summed E-state index contributed by atoms with van der Waals surface area (Å²) >= 11 is 0. The van der Waals surface area contributed by atoms with Crippen molar-refractivity contribution in [3.05, 3.63) is 65.5 Å². The van der Waals surface area contributed by atoms with Crippen molar-refractivity contribution in [3.63, 3.8) is 0 Å². The van der Waals surface area contributed by atoms with E-state index in [1.54, 1.807) is 23.1 Å². The molecule has 0 aromatic heterocycles. The predicted molar refractivity (Wildman–Crippen MR) is 91.3 cm³/mol. The topological polar surface area (TPSA) is 35.6 Å². The number of rotatable bonds is 2. The Bertz CT molecular complexity index is 758. The van der Waals surface area contributed by atoms with Crippen molar-refractivity contribution in [1.29, 1.82) is 0 Å². The van der Waals surface area contributed by atoms with Gasteiger partial charge in [-0.2, -0.15) is 0 Å². The molecule has 0 bridgehead atoms. The lowest BCUT2D eigenvalue weighted by Gasteiger charge is -2.46. The van der Waals surface area contributed by atoms with Gasteiger partial charge in [-0.15, -0.1) is 0 Å². The molecular formula is C19H20FN3O. The van der Waals surface area contributed by atoms with Gasteiger partial charge in [0.25, 0.3) is 0 Å². The van der Waals surface area contributed by atoms with Crippen LogP contribution in [0.15, 0.2) is 48.5 Å². The Balaban J connectivity index is 1.32. The molecule has 0 spiro atoms. The predicted octanol–water partition coefficient (Wildman–Crippen LogP) is 3.10. The van der Waals surface area contributed by atoms with Crippen LogP contribution in [0.4, 0.5) is 14.9 Å². The molecule has 0 radical (unpaired) electrons. The van der Waals surface area contributed by atoms with E-state index in [9.17, 15) is 9.18 Å². The smallest absolute Gasteiger partial charge is 0.321 e. The number of halogens is 1. The third-order valence-corrected chi connectivity index (χ3v) is 4.94. The second-order valence-electron chi connectivity index (χ2n) is 6.46. The number of anilines is 1. The van der Waals surface area contributed by atoms with Crippen LogP contribution in [-0.4, -0.2) is 41.5 Å². The Labute approximate surface area is 140 Å². The van der Waals surface area contributed by atoms with Gasteiger partial charge in [0.05, 0.1) is 5.69 Å². The number of hydrogen-bond donors (Lipinski definition) is 1. The molecule has 0 saturated carbocycles. The number of nitrogens with zero attached hydrogens (tertiary/aromatic N) is 2. The Morgan fingerprint density at radius 2 is 1.75 bits per heavy atom. The molecule has 4 rings (SSSR count). The van der Waals surface area contributed by atoms with E-state index >= 15 is 0 Å². The highest BCUT2D eigenvalue weighted by Crippen LogP contribution is 2.25. The molecule has 2 aliphatic rings. The van der Waals surface area contributed by atoms with E-state index in [-0.39, 0.29) is 11.7 Å². The third-order valence-electron chi connectivity index (χ3n) is 4.94. The number of carbonyl (C=O) groups excluding carboxylic acids is 1. The monoisotopic (exact) mass is 325 g/mol. The van der Waals surface area contributed by atoms with Crippen molar-refractivity contribution in [2.24, 2.45) is 0 Å². The molecule has 0 unspecified atom stereocenters. The molecule has 2 aromatic carbocycles. The molecule has 1 N–H and O–H groups in total. The number of hydrogen-bond acceptors (Lipinski definition) is 2. The van der Waals surface area contributed by atoms with Gasteiger partial charge >= 0.3 is 6.03 Å². The fourth-order valence-corrected chi connectivity index (χ4v) is 3.44. The molecule has 2 aromatic rings. The van der Waals surface area contributed by atoms with Crippen molar-refractivity contribution in [3.8, 4) is 0 Å². The van der Waals surface area contributed by atoms with Crippen molar-refractivity contribution in [2.45, 2.75) is 19.0 Å². The molecule has 5 heteroatoms. The summed E-state index contributed by atoms with van der Waals surface area (Å²) in [6.07, 6.45) is 1.06. The highest BCUT2D eigenvalue weighted by atomic mass is 19.1. The molecule has 2 amide bonds. The second-order valence-corrected chi connectivity index (χ2v) is 6.46. The molecule has 24 heavy (non-hydrogen) atoms. The Hall–Kier alpha value is -2.40. The van der Waals surface area contributed by atoms with Crippen molar-refractivity contribution >= 4 is 11.7 Å². The van der Waals surface area contributed by atoms with Gasteiger partial charge in [0.15, 0.2) is 0 Å². The van der Waals surface area contributed by atoms with Gasteiger partial charge in [-0.1, -0.05) is 36.4 Å². The maximum Gasteiger partial charge on any atom is 0.322 e. The number of nitrogens with one attached hydrogen (secondary N) is 1. The third kappa shape index (κ3) is 2.87. The Morgan fingerprint density at radius 1 is 1.04 bits per heavy atom. The molecule has 0 aliphatic carbocycles. The zero-order valence-electron chi connectivity index (χ0n) is 13.4. The number of likely N-dealkylation sites (tertiary alicyclic amines) is 1. The number of benzene rings is 2. The molecule has 124 valence electrons. The molecule has 2 heterocycles. The summed E-state index contributed by atoms with van der Waals surface area (Å²) in [5.74, 6) is -0.407. The van der Waals surface area contributed by atoms with E-state index in [4.69, 9.17) is 0 Å². The maximum atomic E-state index is 13.6. The van der Waals surface area contributed by atoms with Crippen molar-refractivity contribution in [2.75, 3.05) is 25.0 Å². The molecule has 1 fully saturated rings. The lowest BCUT2D eigenvalue weighted by atomic mass is 9.97. The standard InChI is InChI=1S/C19H20FN3O/c20-17-7-3-4-8-18(17)21-19(24)23-12-16(13-23)22-10-9-14-5-1-2-6-15(14)11-22/h1-8,16H,9-13H2,(H,21,24). The first kappa shape index (κ1) is 15.1. The van der Waals surface area contributed by atoms with Gasteiger partial charge < -0.3 is 10.2 Å². The Morgan fingerprint density at radius 3 is 2.54 bits per heavy atom. The molecule has 2 aliphatic heterocycles. The molecule has 0 atom stereocenters. The quantitative estimate of drug-likeness (QED) is 0.921. The normalized spacial score (nSPS) is 18.0. The van der Waals surface area contributed by atoms with Crippen LogP contribution < -0.4 is 5.32 Å². The number of carbonyl (C=O) groups is 1. The van der Waals surface area contributed by atoms with Crippen LogP contribution in [-0.2, 0) is 13.0 Å². The SMILES string of the molecule is O=C(Nc1ccccc1F)N1CC(N2CCc3ccccc3C2)C1. The average molecular weight is 325 g/mol. The van der Waals surface area contributed by atoms with Crippen LogP contribution in [0.2, 0.25) is 0 Å². The first-order valence-electron chi connectivity index (χ1n) is 8.32. The largest absolute Gasteiger partial charge is 0.322 e. The van der Waals surface area contributed by atoms with Crippen LogP contribution >= 0.6 is 0 Å². The zero-order valence-corrected chi connectivity index (χ0v) is 13.4. The minimum atomic E-state index is -0.407. The van der Waals surface area contributed by atoms with Gasteiger partial charge in [-0.05, 0) is 29.7 Å². The number of para-hydroxylation sites is 1. The number of fused-ring (bicyclic) bond motifs is 1. The summed E-state index contributed by atoms with van der Waals surface area (Å²) in [6, 6.07) is 15.0. The highest BCUT2D eigenvalue weighted by Gasteiger charge is 2.36. The van der Waals surface area contributed by atoms with Gasteiger partial charge in [-0.3, -0.25) is 4.90 Å². The lowest BCUT2D eigenvalue weighted by Crippen LogP contribution is -2.62. The summed E-state index contributed by atoms with van der Waals surface area (Å²) in [4.78, 5) is 16.4. The minimum absolute atomic E-state index is 0.228. The van der Waals surface area contributed by atoms with Crippen molar-refractivity contribution < 1.29 is 9.18 Å². The van der Waals surface area contributed by atoms with Crippen LogP contribution in [0.1, 0.15) is 11.1 Å². The average Bonchev–Trinajstić information content (AvgIpc) is 2.55. The second kappa shape index (κ2) is 6.24. The van der Waals surface area contributed by atoms with E-state index in [0.29, 0.717) is 19.1 Å². The summed E-state index contributed by atoms with van der Waals surface area (Å²) in [5.41, 5.74) is 3.05. The maximum absolute atomic E-state index is 13.6. The number of amides is 2. The summed E-state index contributed by atoms with van der Waals surface area (Å²) in [5, 5.41) is 2.64. The molecule has 1 saturated heterocycles. The van der Waals surface area contributed by atoms with Gasteiger partial charge in [0, 0.05) is 32.2 Å². The van der Waals surface area contributed by atoms with E-state index < -0.39 is 5.82 Å². The van der Waals surface area contributed by atoms with E-state index in [1.165, 1.54) is 17.2 Å². The van der Waals surface area contributed by atoms with E-state index in [2.05, 4.69) is 34.5 Å². The van der Waals surface area contributed by atoms with Crippen LogP contribution in [0, 0.1) is 5.82 Å². The first-order chi connectivity index (χ1) is 11.7. The summed E-state index contributed by atoms with van der Waals surface area (Å²) in [6.45, 7) is 3.37. The van der Waals surface area contributed by atoms with Gasteiger partial charge in [0.1, 0.15) is 5.82 Å². The fraction of sp³-hybridized carbons (Fsp3) is 0.316. The first-order valence-corrected chi connectivity index (χ1v) is 8.32. The van der Waals surface area contributed by atoms with Gasteiger partial charge in [0.2, 0.25) is 0 Å². The van der Waals surface area contributed by atoms with Gasteiger partial charge in [-0.25, -0.2) is 9.18 Å². The van der Waals surface area contributed by atoms with E-state index in [1.807, 2.05) is 0 Å². The van der Waals surface area contributed by atoms with Crippen LogP contribution in [0.3, 0.4) is 0 Å². The number of urea groups is 1. The molecular weight excluding hydrogens is 305 g/mol. The zero-order chi connectivity index (χ0) is 16.5.